The van der Waals surface area contributed by atoms with Crippen molar-refractivity contribution in [1.82, 2.24) is 10.3 Å². The second-order valence-corrected chi connectivity index (χ2v) is 5.50. The number of aromatic nitrogens is 1. The van der Waals surface area contributed by atoms with Crippen LogP contribution in [0.3, 0.4) is 0 Å². The van der Waals surface area contributed by atoms with Crippen molar-refractivity contribution in [2.45, 2.75) is 32.4 Å². The van der Waals surface area contributed by atoms with Crippen molar-refractivity contribution < 1.29 is 0 Å². The molecule has 0 saturated carbocycles. The second kappa shape index (κ2) is 4.98. The lowest BCUT2D eigenvalue weighted by atomic mass is 10.1. The van der Waals surface area contributed by atoms with E-state index in [2.05, 4.69) is 28.5 Å². The van der Waals surface area contributed by atoms with Crippen LogP contribution in [-0.2, 0) is 25.9 Å². The Morgan fingerprint density at radius 2 is 2.12 bits per heavy atom. The van der Waals surface area contributed by atoms with Gasteiger partial charge in [-0.25, -0.2) is 0 Å². The van der Waals surface area contributed by atoms with E-state index in [-0.39, 0.29) is 0 Å². The second-order valence-electron chi connectivity index (χ2n) is 4.53. The summed E-state index contributed by atoms with van der Waals surface area (Å²) in [6, 6.07) is 6.91. The molecule has 17 heavy (non-hydrogen) atoms. The topological polar surface area (TPSA) is 24.9 Å². The quantitative estimate of drug-likeness (QED) is 0.894. The molecule has 2 aromatic rings. The first kappa shape index (κ1) is 10.9. The van der Waals surface area contributed by atoms with Crippen molar-refractivity contribution >= 4 is 11.3 Å². The summed E-state index contributed by atoms with van der Waals surface area (Å²) in [5.41, 5.74) is 6.39. The molecule has 0 amide bonds. The highest BCUT2D eigenvalue weighted by Crippen LogP contribution is 2.22. The zero-order valence-electron chi connectivity index (χ0n) is 9.78. The van der Waals surface area contributed by atoms with Crippen LogP contribution in [0.15, 0.2) is 29.9 Å². The molecule has 1 N–H and O–H groups in total. The molecule has 0 saturated heterocycles. The minimum absolute atomic E-state index is 0.918. The Balaban J connectivity index is 1.58. The van der Waals surface area contributed by atoms with Crippen molar-refractivity contribution in [1.29, 1.82) is 0 Å². The molecule has 0 unspecified atom stereocenters. The Labute approximate surface area is 106 Å². The molecule has 1 aromatic carbocycles. The van der Waals surface area contributed by atoms with Gasteiger partial charge in [-0.3, -0.25) is 4.98 Å². The SMILES string of the molecule is c1ncc(CNCc2ccc3c(c2)CCC3)s1. The molecule has 0 spiro atoms. The fourth-order valence-electron chi connectivity index (χ4n) is 2.39. The average molecular weight is 244 g/mol. The number of aryl methyl sites for hydroxylation is 2. The number of hydrogen-bond donors (Lipinski definition) is 1. The van der Waals surface area contributed by atoms with Crippen molar-refractivity contribution in [2.24, 2.45) is 0 Å². The van der Waals surface area contributed by atoms with E-state index in [0.29, 0.717) is 0 Å². The van der Waals surface area contributed by atoms with Crippen LogP contribution < -0.4 is 5.32 Å². The van der Waals surface area contributed by atoms with Gasteiger partial charge in [0.1, 0.15) is 0 Å². The predicted octanol–water partition coefficient (Wildman–Crippen LogP) is 2.92. The number of fused-ring (bicyclic) bond motifs is 1. The van der Waals surface area contributed by atoms with Crippen molar-refractivity contribution in [3.63, 3.8) is 0 Å². The Morgan fingerprint density at radius 1 is 1.18 bits per heavy atom. The molecule has 2 nitrogen and oxygen atoms in total. The molecule has 0 fully saturated rings. The zero-order chi connectivity index (χ0) is 11.5. The maximum absolute atomic E-state index is 4.07. The van der Waals surface area contributed by atoms with Gasteiger partial charge >= 0.3 is 0 Å². The third-order valence-electron chi connectivity index (χ3n) is 3.27. The number of nitrogens with zero attached hydrogens (tertiary/aromatic N) is 1. The number of nitrogens with one attached hydrogen (secondary N) is 1. The van der Waals surface area contributed by atoms with E-state index in [1.165, 1.54) is 29.7 Å². The molecule has 0 radical (unpaired) electrons. The first-order chi connectivity index (χ1) is 8.42. The van der Waals surface area contributed by atoms with Crippen LogP contribution in [0.25, 0.3) is 0 Å². The lowest BCUT2D eigenvalue weighted by Gasteiger charge is -2.06. The van der Waals surface area contributed by atoms with E-state index in [1.807, 2.05) is 11.7 Å². The van der Waals surface area contributed by atoms with E-state index in [1.54, 1.807) is 22.5 Å². The lowest BCUT2D eigenvalue weighted by Crippen LogP contribution is -2.11. The van der Waals surface area contributed by atoms with Crippen LogP contribution in [0.5, 0.6) is 0 Å². The minimum atomic E-state index is 0.918. The van der Waals surface area contributed by atoms with Crippen LogP contribution in [0, 0.1) is 0 Å². The van der Waals surface area contributed by atoms with E-state index >= 15 is 0 Å². The summed E-state index contributed by atoms with van der Waals surface area (Å²) in [4.78, 5) is 5.37. The van der Waals surface area contributed by atoms with Crippen LogP contribution in [0.4, 0.5) is 0 Å². The molecule has 3 rings (SSSR count). The van der Waals surface area contributed by atoms with E-state index in [4.69, 9.17) is 0 Å². The predicted molar refractivity (Wildman–Crippen MR) is 71.1 cm³/mol. The number of rotatable bonds is 4. The van der Waals surface area contributed by atoms with Crippen LogP contribution in [0.1, 0.15) is 28.0 Å². The summed E-state index contributed by atoms with van der Waals surface area (Å²) in [5, 5.41) is 3.47. The minimum Gasteiger partial charge on any atom is -0.308 e. The molecule has 1 aromatic heterocycles. The zero-order valence-corrected chi connectivity index (χ0v) is 10.6. The molecule has 88 valence electrons. The first-order valence-corrected chi connectivity index (χ1v) is 6.98. The number of thiazole rings is 1. The highest BCUT2D eigenvalue weighted by molar-refractivity contribution is 7.09. The van der Waals surface area contributed by atoms with Gasteiger partial charge < -0.3 is 5.32 Å². The first-order valence-electron chi connectivity index (χ1n) is 6.10. The summed E-state index contributed by atoms with van der Waals surface area (Å²) in [5.74, 6) is 0. The van der Waals surface area contributed by atoms with E-state index < -0.39 is 0 Å². The lowest BCUT2D eigenvalue weighted by molar-refractivity contribution is 0.699. The molecule has 0 bridgehead atoms. The van der Waals surface area contributed by atoms with Gasteiger partial charge in [0.2, 0.25) is 0 Å². The van der Waals surface area contributed by atoms with Crippen LogP contribution >= 0.6 is 11.3 Å². The van der Waals surface area contributed by atoms with Crippen LogP contribution in [0.2, 0.25) is 0 Å². The largest absolute Gasteiger partial charge is 0.308 e. The summed E-state index contributed by atoms with van der Waals surface area (Å²) in [6.07, 6.45) is 5.79. The van der Waals surface area contributed by atoms with Gasteiger partial charge in [0.15, 0.2) is 0 Å². The van der Waals surface area contributed by atoms with Gasteiger partial charge in [-0.05, 0) is 36.0 Å². The maximum atomic E-state index is 4.07. The van der Waals surface area contributed by atoms with Gasteiger partial charge in [-0.2, -0.15) is 0 Å². The summed E-state index contributed by atoms with van der Waals surface area (Å²) in [6.45, 7) is 1.87. The fourth-order valence-corrected chi connectivity index (χ4v) is 2.96. The Morgan fingerprint density at radius 3 is 3.00 bits per heavy atom. The Hall–Kier alpha value is -1.19. The van der Waals surface area contributed by atoms with Crippen molar-refractivity contribution in [3.8, 4) is 0 Å². The Kier molecular flexibility index (Phi) is 3.20. The van der Waals surface area contributed by atoms with Gasteiger partial charge in [0, 0.05) is 24.2 Å². The molecule has 1 aliphatic carbocycles. The molecular weight excluding hydrogens is 228 g/mol. The molecule has 1 aliphatic rings. The monoisotopic (exact) mass is 244 g/mol. The van der Waals surface area contributed by atoms with Gasteiger partial charge in [-0.1, -0.05) is 18.2 Å². The smallest absolute Gasteiger partial charge is 0.0794 e. The van der Waals surface area contributed by atoms with Gasteiger partial charge in [-0.15, -0.1) is 11.3 Å². The third-order valence-corrected chi connectivity index (χ3v) is 4.05. The van der Waals surface area contributed by atoms with Crippen LogP contribution in [-0.4, -0.2) is 4.98 Å². The van der Waals surface area contributed by atoms with Crippen molar-refractivity contribution in [2.75, 3.05) is 0 Å². The maximum Gasteiger partial charge on any atom is 0.0794 e. The average Bonchev–Trinajstić information content (AvgIpc) is 2.98. The summed E-state index contributed by atoms with van der Waals surface area (Å²) < 4.78 is 0. The molecular formula is C14H16N2S. The highest BCUT2D eigenvalue weighted by atomic mass is 32.1. The number of benzene rings is 1. The van der Waals surface area contributed by atoms with Gasteiger partial charge in [0.05, 0.1) is 5.51 Å². The molecule has 1 heterocycles. The highest BCUT2D eigenvalue weighted by Gasteiger charge is 2.10. The van der Waals surface area contributed by atoms with E-state index in [0.717, 1.165) is 13.1 Å². The third kappa shape index (κ3) is 2.56. The molecule has 3 heteroatoms. The van der Waals surface area contributed by atoms with Gasteiger partial charge in [0.25, 0.3) is 0 Å². The van der Waals surface area contributed by atoms with Crippen molar-refractivity contribution in [3.05, 3.63) is 51.5 Å². The summed E-state index contributed by atoms with van der Waals surface area (Å²) >= 11 is 1.70. The Bertz CT molecular complexity index is 491. The summed E-state index contributed by atoms with van der Waals surface area (Å²) in [7, 11) is 0. The molecule has 0 aliphatic heterocycles. The molecule has 0 atom stereocenters. The standard InChI is InChI=1S/C14H16N2S/c1-2-12-5-4-11(6-13(12)3-1)7-15-8-14-9-16-10-17-14/h4-6,9-10,15H,1-3,7-8H2. The number of hydrogen-bond acceptors (Lipinski definition) is 3. The fraction of sp³-hybridized carbons (Fsp3) is 0.357. The van der Waals surface area contributed by atoms with E-state index in [9.17, 15) is 0 Å². The normalized spacial score (nSPS) is 13.9.